The molecule has 33 heavy (non-hydrogen) atoms. The molecule has 0 aliphatic heterocycles. The Morgan fingerprint density at radius 2 is 1.36 bits per heavy atom. The third-order valence-corrected chi connectivity index (χ3v) is 5.50. The minimum absolute atomic E-state index is 0.382. The molecule has 0 saturated heterocycles. The van der Waals surface area contributed by atoms with Gasteiger partial charge in [-0.1, -0.05) is 83.9 Å². The first-order valence-electron chi connectivity index (χ1n) is 9.92. The summed E-state index contributed by atoms with van der Waals surface area (Å²) in [6.07, 6.45) is 2.85. The number of fused-ring (bicyclic) bond motifs is 2. The SMILES string of the molecule is Clc1ncnc2nc(-c3ccccc3)[nH]c12.Cn1c(-c2ccccc2)nc2c(Cl)ncnc21. The lowest BCUT2D eigenvalue weighted by atomic mass is 10.2. The maximum absolute atomic E-state index is 6.00. The lowest BCUT2D eigenvalue weighted by Crippen LogP contribution is -1.93. The lowest BCUT2D eigenvalue weighted by Gasteiger charge is -2.00. The van der Waals surface area contributed by atoms with Crippen LogP contribution in [0, 0.1) is 0 Å². The van der Waals surface area contributed by atoms with Crippen molar-refractivity contribution < 1.29 is 0 Å². The van der Waals surface area contributed by atoms with Crippen molar-refractivity contribution >= 4 is 45.5 Å². The van der Waals surface area contributed by atoms with Gasteiger partial charge in [0.1, 0.15) is 35.3 Å². The van der Waals surface area contributed by atoms with E-state index < -0.39 is 0 Å². The highest BCUT2D eigenvalue weighted by molar-refractivity contribution is 6.33. The summed E-state index contributed by atoms with van der Waals surface area (Å²) in [5, 5.41) is 0.771. The smallest absolute Gasteiger partial charge is 0.182 e. The molecule has 0 radical (unpaired) electrons. The zero-order valence-corrected chi connectivity index (χ0v) is 18.8. The average molecular weight is 475 g/mol. The number of halogens is 2. The molecule has 4 aromatic heterocycles. The number of hydrogen-bond donors (Lipinski definition) is 1. The highest BCUT2D eigenvalue weighted by Crippen LogP contribution is 2.25. The van der Waals surface area contributed by atoms with E-state index in [1.54, 1.807) is 0 Å². The van der Waals surface area contributed by atoms with E-state index >= 15 is 0 Å². The van der Waals surface area contributed by atoms with Crippen molar-refractivity contribution in [3.8, 4) is 22.8 Å². The van der Waals surface area contributed by atoms with E-state index in [9.17, 15) is 0 Å². The van der Waals surface area contributed by atoms with E-state index in [0.29, 0.717) is 27.0 Å². The Bertz CT molecular complexity index is 1550. The number of hydrogen-bond acceptors (Lipinski definition) is 6. The van der Waals surface area contributed by atoms with Crippen molar-refractivity contribution in [1.29, 1.82) is 0 Å². The van der Waals surface area contributed by atoms with Crippen LogP contribution in [-0.4, -0.2) is 39.5 Å². The molecule has 0 fully saturated rings. The van der Waals surface area contributed by atoms with Crippen LogP contribution in [0.4, 0.5) is 0 Å². The fourth-order valence-electron chi connectivity index (χ4n) is 3.35. The third kappa shape index (κ3) is 4.13. The van der Waals surface area contributed by atoms with E-state index in [0.717, 1.165) is 28.4 Å². The summed E-state index contributed by atoms with van der Waals surface area (Å²) in [6, 6.07) is 19.7. The Hall–Kier alpha value is -3.88. The molecule has 162 valence electrons. The summed E-state index contributed by atoms with van der Waals surface area (Å²) in [6.45, 7) is 0. The largest absolute Gasteiger partial charge is 0.334 e. The van der Waals surface area contributed by atoms with Gasteiger partial charge in [0.15, 0.2) is 21.6 Å². The molecule has 6 aromatic rings. The molecule has 0 atom stereocenters. The molecule has 0 aliphatic rings. The first kappa shape index (κ1) is 21.0. The molecule has 0 bridgehead atoms. The number of rotatable bonds is 2. The maximum atomic E-state index is 6.00. The number of nitrogens with zero attached hydrogens (tertiary/aromatic N) is 7. The van der Waals surface area contributed by atoms with Gasteiger partial charge >= 0.3 is 0 Å². The van der Waals surface area contributed by atoms with Gasteiger partial charge in [-0.05, 0) is 0 Å². The average Bonchev–Trinajstić information content (AvgIpc) is 3.44. The second-order valence-corrected chi connectivity index (χ2v) is 7.73. The molecular formula is C23H16Cl2N8. The fraction of sp³-hybridized carbons (Fsp3) is 0.0435. The quantitative estimate of drug-likeness (QED) is 0.339. The van der Waals surface area contributed by atoms with Crippen molar-refractivity contribution in [2.45, 2.75) is 0 Å². The van der Waals surface area contributed by atoms with E-state index in [-0.39, 0.29) is 0 Å². The van der Waals surface area contributed by atoms with Crippen LogP contribution in [0.15, 0.2) is 73.3 Å². The van der Waals surface area contributed by atoms with E-state index in [1.165, 1.54) is 12.7 Å². The van der Waals surface area contributed by atoms with E-state index in [1.807, 2.05) is 72.3 Å². The summed E-state index contributed by atoms with van der Waals surface area (Å²) in [7, 11) is 1.92. The number of H-pyrrole nitrogens is 1. The van der Waals surface area contributed by atoms with Gasteiger partial charge in [0, 0.05) is 18.2 Å². The first-order chi connectivity index (χ1) is 16.1. The monoisotopic (exact) mass is 474 g/mol. The highest BCUT2D eigenvalue weighted by atomic mass is 35.5. The van der Waals surface area contributed by atoms with Crippen LogP contribution in [0.3, 0.4) is 0 Å². The Labute approximate surface area is 198 Å². The number of aryl methyl sites for hydroxylation is 1. The second kappa shape index (κ2) is 8.93. The van der Waals surface area contributed by atoms with Gasteiger partial charge in [-0.25, -0.2) is 29.9 Å². The first-order valence-corrected chi connectivity index (χ1v) is 10.7. The standard InChI is InChI=1S/C12H9ClN4.C11H7ClN4/c1-17-11(8-5-3-2-4-6-8)16-9-10(13)14-7-15-12(9)17;12-9-8-11(14-6-13-9)16-10(15-8)7-4-2-1-3-5-7/h2-7H,1H3;1-6H,(H,13,14,15,16). The highest BCUT2D eigenvalue weighted by Gasteiger charge is 2.13. The third-order valence-electron chi connectivity index (χ3n) is 4.93. The normalized spacial score (nSPS) is 10.9. The van der Waals surface area contributed by atoms with Crippen LogP contribution < -0.4 is 0 Å². The zero-order chi connectivity index (χ0) is 22.8. The number of imidazole rings is 2. The fourth-order valence-corrected chi connectivity index (χ4v) is 3.70. The molecule has 0 unspecified atom stereocenters. The molecule has 0 aliphatic carbocycles. The molecule has 10 heteroatoms. The van der Waals surface area contributed by atoms with Crippen LogP contribution in [0.25, 0.3) is 45.1 Å². The van der Waals surface area contributed by atoms with Crippen LogP contribution in [0.5, 0.6) is 0 Å². The maximum Gasteiger partial charge on any atom is 0.182 e. The molecule has 4 heterocycles. The van der Waals surface area contributed by atoms with Crippen LogP contribution in [-0.2, 0) is 7.05 Å². The van der Waals surface area contributed by atoms with Gasteiger partial charge < -0.3 is 9.55 Å². The molecule has 8 nitrogen and oxygen atoms in total. The summed E-state index contributed by atoms with van der Waals surface area (Å²) < 4.78 is 1.91. The Balaban J connectivity index is 0.000000139. The molecule has 0 spiro atoms. The Kier molecular flexibility index (Phi) is 5.68. The van der Waals surface area contributed by atoms with Gasteiger partial charge in [0.25, 0.3) is 0 Å². The minimum atomic E-state index is 0.382. The van der Waals surface area contributed by atoms with Crippen LogP contribution in [0.1, 0.15) is 0 Å². The van der Waals surface area contributed by atoms with Crippen molar-refractivity contribution in [3.63, 3.8) is 0 Å². The summed E-state index contributed by atoms with van der Waals surface area (Å²) >= 11 is 11.9. The summed E-state index contributed by atoms with van der Waals surface area (Å²) in [4.78, 5) is 28.0. The Morgan fingerprint density at radius 1 is 0.727 bits per heavy atom. The lowest BCUT2D eigenvalue weighted by molar-refractivity contribution is 0.939. The van der Waals surface area contributed by atoms with Crippen molar-refractivity contribution in [1.82, 2.24) is 39.5 Å². The number of aromatic nitrogens is 8. The Morgan fingerprint density at radius 3 is 2.03 bits per heavy atom. The minimum Gasteiger partial charge on any atom is -0.334 e. The molecule has 1 N–H and O–H groups in total. The molecule has 0 saturated carbocycles. The van der Waals surface area contributed by atoms with Gasteiger partial charge in [-0.3, -0.25) is 0 Å². The molecule has 0 amide bonds. The van der Waals surface area contributed by atoms with Gasteiger partial charge in [0.2, 0.25) is 0 Å². The summed E-state index contributed by atoms with van der Waals surface area (Å²) in [5.41, 5.74) is 4.65. The topological polar surface area (TPSA) is 98.1 Å². The van der Waals surface area contributed by atoms with Gasteiger partial charge in [-0.2, -0.15) is 0 Å². The number of nitrogens with one attached hydrogen (secondary N) is 1. The zero-order valence-electron chi connectivity index (χ0n) is 17.3. The second-order valence-electron chi connectivity index (χ2n) is 7.01. The molecule has 2 aromatic carbocycles. The van der Waals surface area contributed by atoms with E-state index in [4.69, 9.17) is 23.2 Å². The van der Waals surface area contributed by atoms with Crippen molar-refractivity contribution in [3.05, 3.63) is 83.6 Å². The summed E-state index contributed by atoms with van der Waals surface area (Å²) in [5.74, 6) is 1.58. The van der Waals surface area contributed by atoms with Crippen molar-refractivity contribution in [2.75, 3.05) is 0 Å². The van der Waals surface area contributed by atoms with Crippen LogP contribution in [0.2, 0.25) is 10.3 Å². The van der Waals surface area contributed by atoms with Crippen LogP contribution >= 0.6 is 23.2 Å². The van der Waals surface area contributed by atoms with Gasteiger partial charge in [0.05, 0.1) is 0 Å². The number of aromatic amines is 1. The van der Waals surface area contributed by atoms with E-state index in [2.05, 4.69) is 34.9 Å². The molecule has 6 rings (SSSR count). The van der Waals surface area contributed by atoms with Gasteiger partial charge in [-0.15, -0.1) is 0 Å². The van der Waals surface area contributed by atoms with Crippen molar-refractivity contribution in [2.24, 2.45) is 7.05 Å². The molecular weight excluding hydrogens is 459 g/mol. The predicted molar refractivity (Wildman–Crippen MR) is 129 cm³/mol. The number of benzene rings is 2. The predicted octanol–water partition coefficient (Wildman–Crippen LogP) is 5.36.